The molecule has 0 radical (unpaired) electrons. The Labute approximate surface area is 156 Å². The lowest BCUT2D eigenvalue weighted by atomic mass is 10.1. The van der Waals surface area contributed by atoms with E-state index < -0.39 is 30.0 Å². The van der Waals surface area contributed by atoms with Gasteiger partial charge in [0.25, 0.3) is 0 Å². The van der Waals surface area contributed by atoms with E-state index in [1.54, 1.807) is 13.0 Å². The molecule has 2 atom stereocenters. The topological polar surface area (TPSA) is 78.9 Å². The van der Waals surface area contributed by atoms with Gasteiger partial charge in [-0.1, -0.05) is 36.4 Å². The van der Waals surface area contributed by atoms with E-state index in [-0.39, 0.29) is 19.6 Å². The van der Waals surface area contributed by atoms with Gasteiger partial charge in [-0.3, -0.25) is 9.69 Å². The largest absolute Gasteiger partial charge is 0.445 e. The zero-order valence-corrected chi connectivity index (χ0v) is 14.9. The summed E-state index contributed by atoms with van der Waals surface area (Å²) in [5.74, 6) is -0.921. The van der Waals surface area contributed by atoms with Crippen LogP contribution in [0.5, 0.6) is 0 Å². The molecule has 6 nitrogen and oxygen atoms in total. The zero-order valence-electron chi connectivity index (χ0n) is 14.9. The molecule has 142 valence electrons. The van der Waals surface area contributed by atoms with Crippen molar-refractivity contribution in [2.24, 2.45) is 0 Å². The molecule has 1 aliphatic rings. The maximum Gasteiger partial charge on any atom is 0.410 e. The summed E-state index contributed by atoms with van der Waals surface area (Å²) in [7, 11) is 0. The Kier molecular flexibility index (Phi) is 5.71. The number of ether oxygens (including phenoxy) is 1. The number of nitrogens with zero attached hydrogens (tertiary/aromatic N) is 1. The van der Waals surface area contributed by atoms with Crippen molar-refractivity contribution in [2.45, 2.75) is 32.1 Å². The van der Waals surface area contributed by atoms with Gasteiger partial charge >= 0.3 is 6.09 Å². The van der Waals surface area contributed by atoms with Crippen LogP contribution in [0.15, 0.2) is 48.5 Å². The summed E-state index contributed by atoms with van der Waals surface area (Å²) in [6.07, 6.45) is -1.40. The summed E-state index contributed by atoms with van der Waals surface area (Å²) in [5, 5.41) is 12.6. The number of benzene rings is 2. The molecular weight excluding hydrogens is 351 g/mol. The van der Waals surface area contributed by atoms with E-state index in [1.807, 2.05) is 30.3 Å². The third-order valence-corrected chi connectivity index (χ3v) is 4.55. The van der Waals surface area contributed by atoms with Crippen LogP contribution < -0.4 is 5.32 Å². The number of carbonyl (C=O) groups is 2. The first-order chi connectivity index (χ1) is 13.0. The maximum absolute atomic E-state index is 13.7. The van der Waals surface area contributed by atoms with E-state index in [1.165, 1.54) is 17.0 Å². The van der Waals surface area contributed by atoms with Crippen LogP contribution in [0.2, 0.25) is 0 Å². The normalized spacial score (nSPS) is 19.0. The minimum absolute atomic E-state index is 0.00778. The van der Waals surface area contributed by atoms with Crippen LogP contribution in [-0.4, -0.2) is 40.7 Å². The number of aliphatic hydroxyl groups excluding tert-OH is 1. The van der Waals surface area contributed by atoms with Crippen molar-refractivity contribution in [3.63, 3.8) is 0 Å². The smallest absolute Gasteiger partial charge is 0.410 e. The summed E-state index contributed by atoms with van der Waals surface area (Å²) >= 11 is 0. The number of hydrogen-bond acceptors (Lipinski definition) is 4. The second-order valence-corrected chi connectivity index (χ2v) is 6.50. The lowest BCUT2D eigenvalue weighted by Gasteiger charge is -2.23. The Morgan fingerprint density at radius 1 is 1.22 bits per heavy atom. The summed E-state index contributed by atoms with van der Waals surface area (Å²) in [5.41, 5.74) is 1.46. The predicted molar refractivity (Wildman–Crippen MR) is 97.5 cm³/mol. The lowest BCUT2D eigenvalue weighted by Crippen LogP contribution is -2.43. The quantitative estimate of drug-likeness (QED) is 0.865. The molecule has 27 heavy (non-hydrogen) atoms. The number of carbonyl (C=O) groups excluding carboxylic acids is 2. The van der Waals surface area contributed by atoms with Gasteiger partial charge in [0, 0.05) is 17.7 Å². The highest BCUT2D eigenvalue weighted by atomic mass is 19.1. The predicted octanol–water partition coefficient (Wildman–Crippen LogP) is 2.84. The number of halogens is 1. The van der Waals surface area contributed by atoms with Gasteiger partial charge in [-0.25, -0.2) is 9.18 Å². The van der Waals surface area contributed by atoms with E-state index >= 15 is 0 Å². The Bertz CT molecular complexity index is 828. The van der Waals surface area contributed by atoms with Crippen LogP contribution >= 0.6 is 0 Å². The molecule has 0 aliphatic carbocycles. The minimum Gasteiger partial charge on any atom is -0.445 e. The number of aliphatic hydroxyl groups is 1. The van der Waals surface area contributed by atoms with Gasteiger partial charge in [0.15, 0.2) is 0 Å². The fourth-order valence-corrected chi connectivity index (χ4v) is 3.03. The Morgan fingerprint density at radius 2 is 1.96 bits per heavy atom. The molecule has 1 fully saturated rings. The first kappa shape index (κ1) is 18.8. The lowest BCUT2D eigenvalue weighted by molar-refractivity contribution is -0.120. The Balaban J connectivity index is 1.66. The van der Waals surface area contributed by atoms with E-state index in [0.717, 1.165) is 5.56 Å². The molecular formula is C20H21FN2O4. The van der Waals surface area contributed by atoms with E-state index in [0.29, 0.717) is 11.3 Å². The van der Waals surface area contributed by atoms with Crippen LogP contribution in [0.3, 0.4) is 0 Å². The second-order valence-electron chi connectivity index (χ2n) is 6.50. The highest BCUT2D eigenvalue weighted by Gasteiger charge is 2.40. The van der Waals surface area contributed by atoms with Gasteiger partial charge in [-0.2, -0.15) is 0 Å². The van der Waals surface area contributed by atoms with Gasteiger partial charge in [0.2, 0.25) is 5.91 Å². The van der Waals surface area contributed by atoms with Crippen LogP contribution in [0.4, 0.5) is 14.9 Å². The molecule has 0 bridgehead atoms. The first-order valence-corrected chi connectivity index (χ1v) is 8.67. The van der Waals surface area contributed by atoms with Gasteiger partial charge in [0.05, 0.1) is 12.6 Å². The van der Waals surface area contributed by atoms with Gasteiger partial charge in [0.1, 0.15) is 18.5 Å². The standard InChI is InChI=1S/C20H21FN2O4/c1-13-16(21)8-5-9-17(13)22-19(25)18-10-15(24)11-23(18)20(26)27-12-14-6-3-2-4-7-14/h2-9,15,18,24H,10-12H2,1H3,(H,22,25)/t15-,18-/m0/s1. The Hall–Kier alpha value is -2.93. The summed E-state index contributed by atoms with van der Waals surface area (Å²) in [6.45, 7) is 1.64. The first-order valence-electron chi connectivity index (χ1n) is 8.67. The molecule has 1 heterocycles. The van der Waals surface area contributed by atoms with Crippen molar-refractivity contribution in [3.05, 3.63) is 65.5 Å². The molecule has 7 heteroatoms. The number of rotatable bonds is 4. The second kappa shape index (κ2) is 8.18. The van der Waals surface area contributed by atoms with Crippen LogP contribution in [-0.2, 0) is 16.1 Å². The fourth-order valence-electron chi connectivity index (χ4n) is 3.03. The number of nitrogens with one attached hydrogen (secondary N) is 1. The van der Waals surface area contributed by atoms with E-state index in [4.69, 9.17) is 4.74 Å². The molecule has 1 saturated heterocycles. The van der Waals surface area contributed by atoms with Crippen molar-refractivity contribution in [3.8, 4) is 0 Å². The molecule has 0 aromatic heterocycles. The number of β-amino-alcohol motifs (C(OH)–C–C–N with tert-alkyl or cyclic N) is 1. The molecule has 2 aromatic carbocycles. The maximum atomic E-state index is 13.7. The summed E-state index contributed by atoms with van der Waals surface area (Å²) < 4.78 is 18.9. The number of anilines is 1. The van der Waals surface area contributed by atoms with Crippen molar-refractivity contribution in [1.82, 2.24) is 4.90 Å². The molecule has 2 amide bonds. The van der Waals surface area contributed by atoms with Gasteiger partial charge in [-0.05, 0) is 24.6 Å². The summed E-state index contributed by atoms with van der Waals surface area (Å²) in [6, 6.07) is 12.7. The van der Waals surface area contributed by atoms with Crippen LogP contribution in [0.25, 0.3) is 0 Å². The monoisotopic (exact) mass is 372 g/mol. The Morgan fingerprint density at radius 3 is 2.70 bits per heavy atom. The van der Waals surface area contributed by atoms with E-state index in [9.17, 15) is 19.1 Å². The SMILES string of the molecule is Cc1c(F)cccc1NC(=O)[C@@H]1C[C@H](O)CN1C(=O)OCc1ccccc1. The third kappa shape index (κ3) is 4.43. The summed E-state index contributed by atoms with van der Waals surface area (Å²) in [4.78, 5) is 26.2. The molecule has 3 rings (SSSR count). The van der Waals surface area contributed by atoms with Crippen molar-refractivity contribution < 1.29 is 23.8 Å². The third-order valence-electron chi connectivity index (χ3n) is 4.55. The molecule has 2 aromatic rings. The molecule has 0 saturated carbocycles. The zero-order chi connectivity index (χ0) is 19.4. The van der Waals surface area contributed by atoms with Crippen LogP contribution in [0.1, 0.15) is 17.5 Å². The highest BCUT2D eigenvalue weighted by molar-refractivity contribution is 5.97. The average molecular weight is 372 g/mol. The number of likely N-dealkylation sites (tertiary alicyclic amines) is 1. The highest BCUT2D eigenvalue weighted by Crippen LogP contribution is 2.23. The number of amides is 2. The average Bonchev–Trinajstić information content (AvgIpc) is 3.06. The number of hydrogen-bond donors (Lipinski definition) is 2. The van der Waals surface area contributed by atoms with Crippen molar-refractivity contribution >= 4 is 17.7 Å². The van der Waals surface area contributed by atoms with Crippen LogP contribution in [0, 0.1) is 12.7 Å². The molecule has 0 spiro atoms. The van der Waals surface area contributed by atoms with Gasteiger partial charge < -0.3 is 15.2 Å². The van der Waals surface area contributed by atoms with Gasteiger partial charge in [-0.15, -0.1) is 0 Å². The van der Waals surface area contributed by atoms with E-state index in [2.05, 4.69) is 5.32 Å². The van der Waals surface area contributed by atoms with Crippen molar-refractivity contribution in [1.29, 1.82) is 0 Å². The fraction of sp³-hybridized carbons (Fsp3) is 0.300. The molecule has 1 aliphatic heterocycles. The molecule has 2 N–H and O–H groups in total. The molecule has 0 unspecified atom stereocenters. The van der Waals surface area contributed by atoms with Crippen molar-refractivity contribution in [2.75, 3.05) is 11.9 Å². The minimum atomic E-state index is -0.883.